The van der Waals surface area contributed by atoms with Gasteiger partial charge in [0, 0.05) is 12.0 Å². The third-order valence-corrected chi connectivity index (χ3v) is 3.91. The van der Waals surface area contributed by atoms with Gasteiger partial charge in [0.15, 0.2) is 0 Å². The summed E-state index contributed by atoms with van der Waals surface area (Å²) in [5.74, 6) is -1.59. The molecule has 1 N–H and O–H groups in total. The van der Waals surface area contributed by atoms with Gasteiger partial charge in [0.25, 0.3) is 5.91 Å². The number of amides is 3. The molecule has 3 amide bonds. The van der Waals surface area contributed by atoms with Gasteiger partial charge in [-0.15, -0.1) is 0 Å². The van der Waals surface area contributed by atoms with Crippen LogP contribution in [0.3, 0.4) is 0 Å². The fourth-order valence-corrected chi connectivity index (χ4v) is 2.90. The topological polar surface area (TPSA) is 75.7 Å². The molecule has 0 aliphatic carbocycles. The van der Waals surface area contributed by atoms with Gasteiger partial charge in [-0.05, 0) is 25.5 Å². The number of carbonyl (C=O) groups is 3. The Kier molecular flexibility index (Phi) is 3.56. The quantitative estimate of drug-likeness (QED) is 0.845. The van der Waals surface area contributed by atoms with E-state index >= 15 is 0 Å². The summed E-state index contributed by atoms with van der Waals surface area (Å²) >= 11 is 0. The molecular weight excluding hydrogens is 291 g/mol. The van der Waals surface area contributed by atoms with Crippen LogP contribution in [0, 0.1) is 5.82 Å². The van der Waals surface area contributed by atoms with Crippen molar-refractivity contribution in [1.82, 2.24) is 10.2 Å². The second kappa shape index (κ2) is 5.40. The lowest BCUT2D eigenvalue weighted by molar-refractivity contribution is -0.136. The first-order chi connectivity index (χ1) is 10.5. The first-order valence-electron chi connectivity index (χ1n) is 7.11. The van der Waals surface area contributed by atoms with E-state index in [4.69, 9.17) is 4.74 Å². The van der Waals surface area contributed by atoms with E-state index in [1.54, 1.807) is 6.92 Å². The Morgan fingerprint density at radius 1 is 1.36 bits per heavy atom. The first kappa shape index (κ1) is 14.5. The Hall–Kier alpha value is -2.44. The number of hydrogen-bond acceptors (Lipinski definition) is 4. The smallest absolute Gasteiger partial charge is 0.258 e. The molecule has 2 heterocycles. The Balaban J connectivity index is 1.94. The first-order valence-corrected chi connectivity index (χ1v) is 7.11. The van der Waals surface area contributed by atoms with Crippen LogP contribution in [0.5, 0.6) is 5.75 Å². The maximum Gasteiger partial charge on any atom is 0.258 e. The molecule has 2 aliphatic heterocycles. The van der Waals surface area contributed by atoms with Crippen molar-refractivity contribution in [2.24, 2.45) is 0 Å². The van der Waals surface area contributed by atoms with Gasteiger partial charge in [-0.1, -0.05) is 0 Å². The standard InChI is InChI=1S/C15H15FN2O4/c1-2-22-11-5-3-9(16)13-8(11)7-18(15(13)21)10-4-6-12(19)17-14(10)20/h3,5,10H,2,4,6-7H2,1H3,(H,17,19,20). The molecule has 1 aromatic rings. The zero-order valence-corrected chi connectivity index (χ0v) is 12.0. The number of halogens is 1. The Morgan fingerprint density at radius 3 is 2.82 bits per heavy atom. The van der Waals surface area contributed by atoms with Gasteiger partial charge in [0.05, 0.1) is 18.7 Å². The molecular formula is C15H15FN2O4. The molecule has 1 unspecified atom stereocenters. The number of carbonyl (C=O) groups excluding carboxylic acids is 3. The number of rotatable bonds is 3. The Bertz CT molecular complexity index is 674. The van der Waals surface area contributed by atoms with Crippen molar-refractivity contribution in [2.45, 2.75) is 32.4 Å². The molecule has 22 heavy (non-hydrogen) atoms. The van der Waals surface area contributed by atoms with E-state index in [1.807, 2.05) is 0 Å². The highest BCUT2D eigenvalue weighted by Gasteiger charge is 2.41. The maximum atomic E-state index is 14.0. The zero-order chi connectivity index (χ0) is 15.9. The zero-order valence-electron chi connectivity index (χ0n) is 12.0. The molecule has 1 aromatic carbocycles. The fraction of sp³-hybridized carbons (Fsp3) is 0.400. The van der Waals surface area contributed by atoms with Crippen LogP contribution in [-0.2, 0) is 16.1 Å². The minimum Gasteiger partial charge on any atom is -0.493 e. The highest BCUT2D eigenvalue weighted by molar-refractivity contribution is 6.05. The van der Waals surface area contributed by atoms with Crippen LogP contribution in [0.2, 0.25) is 0 Å². The van der Waals surface area contributed by atoms with Gasteiger partial charge in [-0.25, -0.2) is 4.39 Å². The van der Waals surface area contributed by atoms with Gasteiger partial charge >= 0.3 is 0 Å². The van der Waals surface area contributed by atoms with E-state index in [9.17, 15) is 18.8 Å². The molecule has 1 fully saturated rings. The molecule has 1 atom stereocenters. The predicted molar refractivity (Wildman–Crippen MR) is 73.6 cm³/mol. The lowest BCUT2D eigenvalue weighted by Crippen LogP contribution is -2.52. The molecule has 6 nitrogen and oxygen atoms in total. The highest BCUT2D eigenvalue weighted by atomic mass is 19.1. The average molecular weight is 306 g/mol. The Morgan fingerprint density at radius 2 is 2.14 bits per heavy atom. The molecule has 7 heteroatoms. The van der Waals surface area contributed by atoms with Crippen LogP contribution in [0.4, 0.5) is 4.39 Å². The van der Waals surface area contributed by atoms with Crippen molar-refractivity contribution >= 4 is 17.7 Å². The summed E-state index contributed by atoms with van der Waals surface area (Å²) in [6, 6.07) is 1.92. The van der Waals surface area contributed by atoms with Gasteiger partial charge in [-0.2, -0.15) is 0 Å². The minimum absolute atomic E-state index is 0.0457. The van der Waals surface area contributed by atoms with Crippen molar-refractivity contribution in [3.05, 3.63) is 29.1 Å². The summed E-state index contributed by atoms with van der Waals surface area (Å²) in [6.45, 7) is 2.29. The van der Waals surface area contributed by atoms with Gasteiger partial charge in [0.2, 0.25) is 11.8 Å². The van der Waals surface area contributed by atoms with Gasteiger partial charge < -0.3 is 9.64 Å². The summed E-state index contributed by atoms with van der Waals surface area (Å²) in [5, 5.41) is 2.21. The lowest BCUT2D eigenvalue weighted by Gasteiger charge is -2.29. The largest absolute Gasteiger partial charge is 0.493 e. The SMILES string of the molecule is CCOc1ccc(F)c2c1CN(C1CCC(=O)NC1=O)C2=O. The number of nitrogens with zero attached hydrogens (tertiary/aromatic N) is 1. The van der Waals surface area contributed by atoms with E-state index < -0.39 is 23.7 Å². The number of nitrogens with one attached hydrogen (secondary N) is 1. The molecule has 116 valence electrons. The normalized spacial score (nSPS) is 20.9. The fourth-order valence-electron chi connectivity index (χ4n) is 2.90. The monoisotopic (exact) mass is 306 g/mol. The van der Waals surface area contributed by atoms with Crippen LogP contribution >= 0.6 is 0 Å². The van der Waals surface area contributed by atoms with E-state index in [0.29, 0.717) is 17.9 Å². The summed E-state index contributed by atoms with van der Waals surface area (Å²) < 4.78 is 19.4. The molecule has 0 radical (unpaired) electrons. The molecule has 2 aliphatic rings. The third kappa shape index (κ3) is 2.22. The van der Waals surface area contributed by atoms with Crippen molar-refractivity contribution < 1.29 is 23.5 Å². The van der Waals surface area contributed by atoms with Crippen molar-refractivity contribution in [3.8, 4) is 5.75 Å². The van der Waals surface area contributed by atoms with Gasteiger partial charge in [-0.3, -0.25) is 19.7 Å². The number of hydrogen-bond donors (Lipinski definition) is 1. The summed E-state index contributed by atoms with van der Waals surface area (Å²) in [5.41, 5.74) is 0.409. The van der Waals surface area contributed by atoms with Crippen molar-refractivity contribution in [3.63, 3.8) is 0 Å². The van der Waals surface area contributed by atoms with E-state index in [-0.39, 0.29) is 30.9 Å². The summed E-state index contributed by atoms with van der Waals surface area (Å²) in [4.78, 5) is 36.9. The highest BCUT2D eigenvalue weighted by Crippen LogP contribution is 2.35. The average Bonchev–Trinajstić information content (AvgIpc) is 2.81. The van der Waals surface area contributed by atoms with Crippen LogP contribution in [0.1, 0.15) is 35.7 Å². The number of piperidine rings is 1. The summed E-state index contributed by atoms with van der Waals surface area (Å²) in [7, 11) is 0. The van der Waals surface area contributed by atoms with E-state index in [2.05, 4.69) is 5.32 Å². The summed E-state index contributed by atoms with van der Waals surface area (Å²) in [6.07, 6.45) is 0.410. The van der Waals surface area contributed by atoms with Crippen molar-refractivity contribution in [1.29, 1.82) is 0 Å². The molecule has 0 bridgehead atoms. The molecule has 1 saturated heterocycles. The molecule has 3 rings (SSSR count). The number of benzene rings is 1. The van der Waals surface area contributed by atoms with Crippen molar-refractivity contribution in [2.75, 3.05) is 6.61 Å². The lowest BCUT2D eigenvalue weighted by atomic mass is 10.0. The third-order valence-electron chi connectivity index (χ3n) is 3.91. The molecule has 0 saturated carbocycles. The number of ether oxygens (including phenoxy) is 1. The molecule has 0 spiro atoms. The second-order valence-corrected chi connectivity index (χ2v) is 5.23. The van der Waals surface area contributed by atoms with E-state index in [0.717, 1.165) is 0 Å². The van der Waals surface area contributed by atoms with Crippen LogP contribution in [0.15, 0.2) is 12.1 Å². The second-order valence-electron chi connectivity index (χ2n) is 5.23. The van der Waals surface area contributed by atoms with Gasteiger partial charge in [0.1, 0.15) is 17.6 Å². The van der Waals surface area contributed by atoms with E-state index in [1.165, 1.54) is 17.0 Å². The van der Waals surface area contributed by atoms with Crippen LogP contribution < -0.4 is 10.1 Å². The van der Waals surface area contributed by atoms with Crippen LogP contribution in [-0.4, -0.2) is 35.3 Å². The minimum atomic E-state index is -0.758. The van der Waals surface area contributed by atoms with Crippen LogP contribution in [0.25, 0.3) is 0 Å². The predicted octanol–water partition coefficient (Wildman–Crippen LogP) is 0.985. The number of fused-ring (bicyclic) bond motifs is 1. The maximum absolute atomic E-state index is 14.0. The Labute approximate surface area is 126 Å². The number of imide groups is 1. The molecule has 0 aromatic heterocycles.